The minimum atomic E-state index is -4.38. The number of alkyl halides is 3. The SMILES string of the molecule is CCS(=O)(=O)c1c(NCCC(F)(F)F)sc(C(N)=O)c1N. The first kappa shape index (κ1) is 17.6. The van der Waals surface area contributed by atoms with Gasteiger partial charge in [-0.15, -0.1) is 11.3 Å². The fourth-order valence-electron chi connectivity index (χ4n) is 1.50. The zero-order valence-corrected chi connectivity index (χ0v) is 12.6. The van der Waals surface area contributed by atoms with Crippen LogP contribution in [0.25, 0.3) is 0 Å². The smallest absolute Gasteiger partial charge is 0.390 e. The fourth-order valence-corrected chi connectivity index (χ4v) is 4.04. The maximum absolute atomic E-state index is 12.1. The van der Waals surface area contributed by atoms with E-state index in [-0.39, 0.29) is 26.2 Å². The summed E-state index contributed by atoms with van der Waals surface area (Å²) in [4.78, 5) is 10.6. The van der Waals surface area contributed by atoms with Crippen LogP contribution < -0.4 is 16.8 Å². The van der Waals surface area contributed by atoms with E-state index in [0.29, 0.717) is 11.3 Å². The van der Waals surface area contributed by atoms with E-state index in [0.717, 1.165) is 0 Å². The van der Waals surface area contributed by atoms with E-state index in [4.69, 9.17) is 11.5 Å². The van der Waals surface area contributed by atoms with Gasteiger partial charge in [0.1, 0.15) is 14.8 Å². The number of primary amides is 1. The van der Waals surface area contributed by atoms with Crippen LogP contribution in [0.2, 0.25) is 0 Å². The van der Waals surface area contributed by atoms with Crippen molar-refractivity contribution in [2.24, 2.45) is 5.73 Å². The van der Waals surface area contributed by atoms with Crippen LogP contribution in [0.3, 0.4) is 0 Å². The van der Waals surface area contributed by atoms with E-state index in [1.54, 1.807) is 0 Å². The van der Waals surface area contributed by atoms with E-state index >= 15 is 0 Å². The maximum atomic E-state index is 12.1. The van der Waals surface area contributed by atoms with E-state index in [1.165, 1.54) is 6.92 Å². The lowest BCUT2D eigenvalue weighted by Gasteiger charge is -2.09. The summed E-state index contributed by atoms with van der Waals surface area (Å²) in [5, 5.41) is 2.25. The average molecular weight is 345 g/mol. The second kappa shape index (κ2) is 6.10. The number of carbonyl (C=O) groups is 1. The minimum Gasteiger partial charge on any atom is -0.396 e. The van der Waals surface area contributed by atoms with Crippen LogP contribution in [-0.2, 0) is 9.84 Å². The van der Waals surface area contributed by atoms with Gasteiger partial charge in [0.2, 0.25) is 0 Å². The molecule has 11 heteroatoms. The van der Waals surface area contributed by atoms with Crippen molar-refractivity contribution in [3.63, 3.8) is 0 Å². The number of anilines is 2. The summed E-state index contributed by atoms with van der Waals surface area (Å²) in [5.74, 6) is -1.24. The summed E-state index contributed by atoms with van der Waals surface area (Å²) in [6.07, 6.45) is -5.53. The average Bonchev–Trinajstić information content (AvgIpc) is 2.65. The van der Waals surface area contributed by atoms with Crippen LogP contribution >= 0.6 is 11.3 Å². The third-order valence-corrected chi connectivity index (χ3v) is 5.62. The predicted molar refractivity (Wildman–Crippen MR) is 74.1 cm³/mol. The maximum Gasteiger partial charge on any atom is 0.390 e. The van der Waals surface area contributed by atoms with Crippen molar-refractivity contribution in [1.82, 2.24) is 0 Å². The lowest BCUT2D eigenvalue weighted by molar-refractivity contribution is -0.131. The molecule has 120 valence electrons. The van der Waals surface area contributed by atoms with Gasteiger partial charge in [0.25, 0.3) is 5.91 Å². The Balaban J connectivity index is 3.19. The van der Waals surface area contributed by atoms with Gasteiger partial charge in [-0.05, 0) is 0 Å². The van der Waals surface area contributed by atoms with E-state index in [2.05, 4.69) is 5.32 Å². The Morgan fingerprint density at radius 3 is 2.38 bits per heavy atom. The molecule has 1 rings (SSSR count). The Bertz CT molecular complexity index is 638. The second-order valence-corrected chi connectivity index (χ2v) is 7.30. The summed E-state index contributed by atoms with van der Waals surface area (Å²) < 4.78 is 60.3. The molecule has 5 N–H and O–H groups in total. The van der Waals surface area contributed by atoms with Gasteiger partial charge in [0.15, 0.2) is 9.84 Å². The molecule has 0 aliphatic rings. The summed E-state index contributed by atoms with van der Waals surface area (Å²) in [7, 11) is -3.80. The Labute approximate surface area is 123 Å². The lowest BCUT2D eigenvalue weighted by Crippen LogP contribution is -2.16. The molecule has 0 unspecified atom stereocenters. The molecule has 0 radical (unpaired) electrons. The van der Waals surface area contributed by atoms with Crippen LogP contribution in [0.1, 0.15) is 23.0 Å². The first-order valence-electron chi connectivity index (χ1n) is 5.75. The van der Waals surface area contributed by atoms with E-state index in [9.17, 15) is 26.4 Å². The molecule has 0 bridgehead atoms. The summed E-state index contributed by atoms with van der Waals surface area (Å²) in [6, 6.07) is 0. The largest absolute Gasteiger partial charge is 0.396 e. The first-order valence-corrected chi connectivity index (χ1v) is 8.22. The third-order valence-electron chi connectivity index (χ3n) is 2.51. The van der Waals surface area contributed by atoms with Gasteiger partial charge in [0.05, 0.1) is 17.9 Å². The van der Waals surface area contributed by atoms with Crippen molar-refractivity contribution in [3.05, 3.63) is 4.88 Å². The Morgan fingerprint density at radius 2 is 1.95 bits per heavy atom. The molecule has 0 aromatic carbocycles. The van der Waals surface area contributed by atoms with E-state index < -0.39 is 34.9 Å². The molecule has 0 fully saturated rings. The van der Waals surface area contributed by atoms with Crippen molar-refractivity contribution in [1.29, 1.82) is 0 Å². The number of amides is 1. The normalized spacial score (nSPS) is 12.4. The van der Waals surface area contributed by atoms with Crippen LogP contribution in [-0.4, -0.2) is 32.8 Å². The van der Waals surface area contributed by atoms with Gasteiger partial charge >= 0.3 is 6.18 Å². The molecule has 1 aromatic heterocycles. The molecule has 0 saturated heterocycles. The molecule has 1 aromatic rings. The van der Waals surface area contributed by atoms with Gasteiger partial charge in [-0.1, -0.05) is 6.92 Å². The molecule has 0 spiro atoms. The van der Waals surface area contributed by atoms with Gasteiger partial charge in [-0.25, -0.2) is 8.42 Å². The number of nitrogens with two attached hydrogens (primary N) is 2. The topological polar surface area (TPSA) is 115 Å². The van der Waals surface area contributed by atoms with Crippen molar-refractivity contribution in [2.75, 3.05) is 23.3 Å². The fraction of sp³-hybridized carbons (Fsp3) is 0.500. The van der Waals surface area contributed by atoms with Crippen molar-refractivity contribution < 1.29 is 26.4 Å². The number of nitrogens with one attached hydrogen (secondary N) is 1. The standard InChI is InChI=1S/C10H14F3N3O3S2/c1-2-21(18,19)7-5(14)6(8(15)17)20-9(7)16-4-3-10(11,12)13/h16H,2-4,14H2,1H3,(H2,15,17). The molecule has 1 heterocycles. The zero-order valence-electron chi connectivity index (χ0n) is 11.0. The zero-order chi connectivity index (χ0) is 16.4. The van der Waals surface area contributed by atoms with Gasteiger partial charge in [0, 0.05) is 6.54 Å². The molecule has 0 saturated carbocycles. The number of hydrogen-bond acceptors (Lipinski definition) is 6. The Morgan fingerprint density at radius 1 is 1.38 bits per heavy atom. The summed E-state index contributed by atoms with van der Waals surface area (Å²) in [6.45, 7) is 0.823. The monoisotopic (exact) mass is 345 g/mol. The first-order chi connectivity index (χ1) is 9.49. The molecule has 6 nitrogen and oxygen atoms in total. The Kier molecular flexibility index (Phi) is 5.10. The summed E-state index contributed by atoms with van der Waals surface area (Å²) >= 11 is 0.630. The molecule has 0 atom stereocenters. The highest BCUT2D eigenvalue weighted by molar-refractivity contribution is 7.91. The van der Waals surface area contributed by atoms with Gasteiger partial charge < -0.3 is 16.8 Å². The van der Waals surface area contributed by atoms with Crippen molar-refractivity contribution in [3.8, 4) is 0 Å². The van der Waals surface area contributed by atoms with Gasteiger partial charge in [-0.3, -0.25) is 4.79 Å². The number of halogens is 3. The van der Waals surface area contributed by atoms with Crippen molar-refractivity contribution in [2.45, 2.75) is 24.4 Å². The predicted octanol–water partition coefficient (Wildman–Crippen LogP) is 1.59. The lowest BCUT2D eigenvalue weighted by atomic mass is 10.3. The summed E-state index contributed by atoms with van der Waals surface area (Å²) in [5.41, 5.74) is 10.3. The van der Waals surface area contributed by atoms with Crippen LogP contribution in [0.15, 0.2) is 4.90 Å². The van der Waals surface area contributed by atoms with Crippen LogP contribution in [0, 0.1) is 0 Å². The number of sulfone groups is 1. The number of rotatable bonds is 6. The molecule has 1 amide bonds. The number of nitrogen functional groups attached to an aromatic ring is 1. The third kappa shape index (κ3) is 4.24. The molecule has 0 aliphatic carbocycles. The van der Waals surface area contributed by atoms with Crippen molar-refractivity contribution >= 4 is 37.8 Å². The second-order valence-electron chi connectivity index (χ2n) is 4.06. The number of thiophene rings is 1. The molecular formula is C10H14F3N3O3S2. The van der Waals surface area contributed by atoms with Gasteiger partial charge in [-0.2, -0.15) is 13.2 Å². The van der Waals surface area contributed by atoms with Crippen LogP contribution in [0.4, 0.5) is 23.9 Å². The number of carbonyl (C=O) groups excluding carboxylic acids is 1. The quantitative estimate of drug-likeness (QED) is 0.724. The highest BCUT2D eigenvalue weighted by Crippen LogP contribution is 2.39. The van der Waals surface area contributed by atoms with Crippen LogP contribution in [0.5, 0.6) is 0 Å². The number of hydrogen-bond donors (Lipinski definition) is 3. The van der Waals surface area contributed by atoms with E-state index in [1.807, 2.05) is 0 Å². The minimum absolute atomic E-state index is 0.104. The highest BCUT2D eigenvalue weighted by Gasteiger charge is 2.30. The highest BCUT2D eigenvalue weighted by atomic mass is 32.2. The molecular weight excluding hydrogens is 331 g/mol. The molecule has 0 aliphatic heterocycles. The molecule has 21 heavy (non-hydrogen) atoms. The Hall–Kier alpha value is -1.49.